The van der Waals surface area contributed by atoms with Gasteiger partial charge in [0.2, 0.25) is 5.91 Å². The van der Waals surface area contributed by atoms with E-state index in [-0.39, 0.29) is 11.8 Å². The lowest BCUT2D eigenvalue weighted by Gasteiger charge is -2.32. The Morgan fingerprint density at radius 1 is 1.24 bits per heavy atom. The maximum Gasteiger partial charge on any atom is 0.225 e. The molecule has 1 heterocycles. The molecule has 4 heteroatoms. The summed E-state index contributed by atoms with van der Waals surface area (Å²) in [5.74, 6) is 0.904. The molecule has 3 atom stereocenters. The van der Waals surface area contributed by atoms with Crippen LogP contribution in [0.3, 0.4) is 0 Å². The summed E-state index contributed by atoms with van der Waals surface area (Å²) in [4.78, 5) is 12.1. The van der Waals surface area contributed by atoms with E-state index in [4.69, 9.17) is 4.74 Å². The van der Waals surface area contributed by atoms with Crippen molar-refractivity contribution < 1.29 is 9.53 Å². The van der Waals surface area contributed by atoms with Gasteiger partial charge in [0.25, 0.3) is 0 Å². The van der Waals surface area contributed by atoms with E-state index in [9.17, 15) is 4.79 Å². The summed E-state index contributed by atoms with van der Waals surface area (Å²) < 4.78 is 5.38. The van der Waals surface area contributed by atoms with Gasteiger partial charge in [0.05, 0.1) is 12.5 Å². The van der Waals surface area contributed by atoms with Gasteiger partial charge in [-0.15, -0.1) is 0 Å². The van der Waals surface area contributed by atoms with Crippen molar-refractivity contribution in [2.75, 3.05) is 18.5 Å². The monoisotopic (exact) mass is 303 g/mol. The number of hydrogen-bond acceptors (Lipinski definition) is 2. The van der Waals surface area contributed by atoms with Crippen molar-refractivity contribution in [2.45, 2.75) is 44.6 Å². The lowest BCUT2D eigenvalue weighted by molar-refractivity contribution is -0.130. The zero-order valence-corrected chi connectivity index (χ0v) is 11.9. The minimum absolute atomic E-state index is 0.0849. The number of ether oxygens (including phenoxy) is 1. The van der Waals surface area contributed by atoms with Gasteiger partial charge in [-0.2, -0.15) is 0 Å². The summed E-state index contributed by atoms with van der Waals surface area (Å²) in [6.07, 6.45) is 6.92. The van der Waals surface area contributed by atoms with Crippen LogP contribution in [0.15, 0.2) is 0 Å². The average molecular weight is 304 g/mol. The molecule has 17 heavy (non-hydrogen) atoms. The third kappa shape index (κ3) is 3.68. The minimum Gasteiger partial charge on any atom is -0.381 e. The summed E-state index contributed by atoms with van der Waals surface area (Å²) >= 11 is 3.56. The van der Waals surface area contributed by atoms with Crippen LogP contribution in [-0.2, 0) is 9.53 Å². The van der Waals surface area contributed by atoms with Crippen LogP contribution >= 0.6 is 15.9 Å². The van der Waals surface area contributed by atoms with Crippen molar-refractivity contribution in [3.8, 4) is 0 Å². The third-order valence-corrected chi connectivity index (χ3v) is 4.80. The molecule has 1 saturated heterocycles. The highest BCUT2D eigenvalue weighted by molar-refractivity contribution is 9.09. The molecule has 98 valence electrons. The van der Waals surface area contributed by atoms with E-state index in [2.05, 4.69) is 21.2 Å². The molecule has 0 radical (unpaired) electrons. The molecule has 3 unspecified atom stereocenters. The van der Waals surface area contributed by atoms with Gasteiger partial charge in [-0.1, -0.05) is 28.8 Å². The molecule has 0 aromatic heterocycles. The Hall–Kier alpha value is -0.0900. The molecule has 0 aromatic carbocycles. The molecule has 0 spiro atoms. The second-order valence-electron chi connectivity index (χ2n) is 5.23. The summed E-state index contributed by atoms with van der Waals surface area (Å²) in [7, 11) is 0. The number of alkyl halides is 1. The van der Waals surface area contributed by atoms with Crippen LogP contribution in [0, 0.1) is 11.8 Å². The summed E-state index contributed by atoms with van der Waals surface area (Å²) in [5.41, 5.74) is 0. The number of rotatable bonds is 3. The van der Waals surface area contributed by atoms with Crippen LogP contribution < -0.4 is 5.32 Å². The number of halogens is 1. The number of amides is 1. The first-order valence-electron chi connectivity index (χ1n) is 6.75. The Balaban J connectivity index is 1.83. The molecule has 3 nitrogen and oxygen atoms in total. The van der Waals surface area contributed by atoms with Crippen molar-refractivity contribution >= 4 is 21.8 Å². The molecular weight excluding hydrogens is 282 g/mol. The SMILES string of the molecule is O=C(NC1CCCCC1CBr)C1CCCOC1. The summed E-state index contributed by atoms with van der Waals surface area (Å²) in [5, 5.41) is 4.24. The van der Waals surface area contributed by atoms with Crippen LogP contribution in [0.2, 0.25) is 0 Å². The second-order valence-corrected chi connectivity index (χ2v) is 5.88. The van der Waals surface area contributed by atoms with Crippen molar-refractivity contribution in [1.82, 2.24) is 5.32 Å². The Bertz CT molecular complexity index is 254. The molecule has 0 aromatic rings. The van der Waals surface area contributed by atoms with Gasteiger partial charge < -0.3 is 10.1 Å². The first-order valence-corrected chi connectivity index (χ1v) is 7.87. The van der Waals surface area contributed by atoms with E-state index in [1.165, 1.54) is 19.3 Å². The zero-order chi connectivity index (χ0) is 12.1. The molecule has 1 amide bonds. The second kappa shape index (κ2) is 6.74. The standard InChI is InChI=1S/C13H22BrNO2/c14-8-10-4-1-2-6-12(10)15-13(16)11-5-3-7-17-9-11/h10-12H,1-9H2,(H,15,16). The lowest BCUT2D eigenvalue weighted by atomic mass is 9.85. The predicted molar refractivity (Wildman–Crippen MR) is 71.2 cm³/mol. The fraction of sp³-hybridized carbons (Fsp3) is 0.923. The van der Waals surface area contributed by atoms with Crippen LogP contribution in [-0.4, -0.2) is 30.5 Å². The van der Waals surface area contributed by atoms with Gasteiger partial charge in [0, 0.05) is 18.0 Å². The van der Waals surface area contributed by atoms with Crippen LogP contribution in [0.5, 0.6) is 0 Å². The predicted octanol–water partition coefficient (Wildman–Crippen LogP) is 2.48. The maximum atomic E-state index is 12.1. The normalized spacial score (nSPS) is 34.3. The molecule has 2 aliphatic rings. The molecule has 2 rings (SSSR count). The van der Waals surface area contributed by atoms with Crippen molar-refractivity contribution in [2.24, 2.45) is 11.8 Å². The highest BCUT2D eigenvalue weighted by Gasteiger charge is 2.29. The Morgan fingerprint density at radius 2 is 2.06 bits per heavy atom. The lowest BCUT2D eigenvalue weighted by Crippen LogP contribution is -2.46. The molecule has 0 bridgehead atoms. The van der Waals surface area contributed by atoms with Crippen LogP contribution in [0.1, 0.15) is 38.5 Å². The van der Waals surface area contributed by atoms with Crippen LogP contribution in [0.4, 0.5) is 0 Å². The van der Waals surface area contributed by atoms with Gasteiger partial charge in [0.1, 0.15) is 0 Å². The van der Waals surface area contributed by atoms with Gasteiger partial charge in [-0.25, -0.2) is 0 Å². The fourth-order valence-corrected chi connectivity index (χ4v) is 3.61. The Morgan fingerprint density at radius 3 is 2.76 bits per heavy atom. The van der Waals surface area contributed by atoms with E-state index < -0.39 is 0 Å². The number of carbonyl (C=O) groups is 1. The van der Waals surface area contributed by atoms with Gasteiger partial charge >= 0.3 is 0 Å². The van der Waals surface area contributed by atoms with Gasteiger partial charge in [0.15, 0.2) is 0 Å². The third-order valence-electron chi connectivity index (χ3n) is 3.97. The van der Waals surface area contributed by atoms with Gasteiger partial charge in [-0.05, 0) is 31.6 Å². The molecule has 2 fully saturated rings. The average Bonchev–Trinajstić information content (AvgIpc) is 2.40. The number of nitrogens with one attached hydrogen (secondary N) is 1. The van der Waals surface area contributed by atoms with E-state index in [0.29, 0.717) is 18.6 Å². The molecule has 1 N–H and O–H groups in total. The quantitative estimate of drug-likeness (QED) is 0.814. The fourth-order valence-electron chi connectivity index (χ4n) is 2.83. The number of hydrogen-bond donors (Lipinski definition) is 1. The van der Waals surface area contributed by atoms with E-state index >= 15 is 0 Å². The van der Waals surface area contributed by atoms with Crippen molar-refractivity contribution in [3.05, 3.63) is 0 Å². The Labute approximate surface area is 112 Å². The zero-order valence-electron chi connectivity index (χ0n) is 10.3. The Kier molecular flexibility index (Phi) is 5.29. The molecule has 1 saturated carbocycles. The van der Waals surface area contributed by atoms with E-state index in [1.54, 1.807) is 0 Å². The summed E-state index contributed by atoms with van der Waals surface area (Å²) in [6, 6.07) is 0.373. The first-order chi connectivity index (χ1) is 8.31. The van der Waals surface area contributed by atoms with Gasteiger partial charge in [-0.3, -0.25) is 4.79 Å². The highest BCUT2D eigenvalue weighted by atomic mass is 79.9. The first kappa shape index (κ1) is 13.3. The largest absolute Gasteiger partial charge is 0.381 e. The highest BCUT2D eigenvalue weighted by Crippen LogP contribution is 2.26. The number of carbonyl (C=O) groups excluding carboxylic acids is 1. The van der Waals surface area contributed by atoms with Crippen molar-refractivity contribution in [3.63, 3.8) is 0 Å². The minimum atomic E-state index is 0.0849. The summed E-state index contributed by atoms with van der Waals surface area (Å²) in [6.45, 7) is 1.43. The topological polar surface area (TPSA) is 38.3 Å². The smallest absolute Gasteiger partial charge is 0.225 e. The van der Waals surface area contributed by atoms with E-state index in [0.717, 1.165) is 31.2 Å². The van der Waals surface area contributed by atoms with Crippen LogP contribution in [0.25, 0.3) is 0 Å². The molecule has 1 aliphatic heterocycles. The molecular formula is C13H22BrNO2. The molecule has 1 aliphatic carbocycles. The maximum absolute atomic E-state index is 12.1. The van der Waals surface area contributed by atoms with Crippen molar-refractivity contribution in [1.29, 1.82) is 0 Å². The van der Waals surface area contributed by atoms with E-state index in [1.807, 2.05) is 0 Å².